The zero-order valence-corrected chi connectivity index (χ0v) is 17.4. The molecule has 3 aromatic rings. The summed E-state index contributed by atoms with van der Waals surface area (Å²) in [6.07, 6.45) is 5.61. The quantitative estimate of drug-likeness (QED) is 0.702. The van der Waals surface area contributed by atoms with Crippen LogP contribution >= 0.6 is 0 Å². The van der Waals surface area contributed by atoms with E-state index >= 15 is 0 Å². The molecule has 154 valence electrons. The van der Waals surface area contributed by atoms with Crippen molar-refractivity contribution in [2.24, 2.45) is 0 Å². The minimum atomic E-state index is -3.21. The molecule has 1 amide bonds. The molecule has 0 radical (unpaired) electrons. The summed E-state index contributed by atoms with van der Waals surface area (Å²) in [5.74, 6) is 0.159. The van der Waals surface area contributed by atoms with Crippen molar-refractivity contribution in [1.82, 2.24) is 9.88 Å². The van der Waals surface area contributed by atoms with E-state index in [1.165, 1.54) is 20.8 Å². The van der Waals surface area contributed by atoms with Crippen LogP contribution in [0.4, 0.5) is 5.69 Å². The highest BCUT2D eigenvalue weighted by Crippen LogP contribution is 2.30. The van der Waals surface area contributed by atoms with E-state index in [0.29, 0.717) is 37.3 Å². The number of rotatable bonds is 3. The van der Waals surface area contributed by atoms with Gasteiger partial charge in [-0.15, -0.1) is 0 Å². The van der Waals surface area contributed by atoms with Gasteiger partial charge in [-0.05, 0) is 48.7 Å². The second-order valence-corrected chi connectivity index (χ2v) is 9.78. The van der Waals surface area contributed by atoms with Gasteiger partial charge < -0.3 is 9.88 Å². The minimum absolute atomic E-state index is 0.0277. The number of para-hydroxylation sites is 1. The summed E-state index contributed by atoms with van der Waals surface area (Å²) in [7, 11) is -3.21. The molecule has 0 aliphatic carbocycles. The maximum Gasteiger partial charge on any atom is 0.254 e. The van der Waals surface area contributed by atoms with Gasteiger partial charge >= 0.3 is 0 Å². The van der Waals surface area contributed by atoms with Crippen LogP contribution in [-0.4, -0.2) is 49.6 Å². The predicted octanol–water partition coefficient (Wildman–Crippen LogP) is 3.64. The topological polar surface area (TPSA) is 73.5 Å². The van der Waals surface area contributed by atoms with Crippen molar-refractivity contribution in [1.29, 1.82) is 0 Å². The fourth-order valence-corrected chi connectivity index (χ4v) is 5.88. The number of fused-ring (bicyclic) bond motifs is 1. The number of nitrogens with one attached hydrogen (secondary N) is 1. The van der Waals surface area contributed by atoms with Gasteiger partial charge in [-0.2, -0.15) is 0 Å². The van der Waals surface area contributed by atoms with Gasteiger partial charge in [0.1, 0.15) is 0 Å². The van der Waals surface area contributed by atoms with Gasteiger partial charge in [-0.25, -0.2) is 8.42 Å². The Labute approximate surface area is 175 Å². The molecule has 0 saturated carbocycles. The number of anilines is 1. The largest absolute Gasteiger partial charge is 0.361 e. The summed E-state index contributed by atoms with van der Waals surface area (Å²) in [5, 5.41) is 1.20. The molecular formula is C23H23N3O3S. The highest BCUT2D eigenvalue weighted by Gasteiger charge is 2.28. The first-order valence-corrected chi connectivity index (χ1v) is 11.8. The van der Waals surface area contributed by atoms with Crippen molar-refractivity contribution in [3.8, 4) is 0 Å². The lowest BCUT2D eigenvalue weighted by atomic mass is 9.98. The summed E-state index contributed by atoms with van der Waals surface area (Å²) in [6.45, 7) is 1.73. The summed E-state index contributed by atoms with van der Waals surface area (Å²) < 4.78 is 25.6. The summed E-state index contributed by atoms with van der Waals surface area (Å²) in [5.41, 5.74) is 4.79. The Morgan fingerprint density at radius 2 is 1.80 bits per heavy atom. The fraction of sp³-hybridized carbons (Fsp3) is 0.261. The third-order valence-electron chi connectivity index (χ3n) is 5.93. The van der Waals surface area contributed by atoms with Crippen molar-refractivity contribution in [3.05, 3.63) is 71.9 Å². The highest BCUT2D eigenvalue weighted by molar-refractivity contribution is 7.93. The number of hydrogen-bond donors (Lipinski definition) is 1. The van der Waals surface area contributed by atoms with Crippen molar-refractivity contribution in [2.75, 3.05) is 29.7 Å². The molecule has 1 fully saturated rings. The van der Waals surface area contributed by atoms with Crippen molar-refractivity contribution in [3.63, 3.8) is 0 Å². The predicted molar refractivity (Wildman–Crippen MR) is 119 cm³/mol. The average Bonchev–Trinajstić information content (AvgIpc) is 3.36. The zero-order chi connectivity index (χ0) is 20.7. The summed E-state index contributed by atoms with van der Waals surface area (Å²) in [6, 6.07) is 15.1. The van der Waals surface area contributed by atoms with Crippen LogP contribution in [0.3, 0.4) is 0 Å². The normalized spacial score (nSPS) is 18.6. The van der Waals surface area contributed by atoms with Crippen LogP contribution in [0, 0.1) is 0 Å². The second-order valence-electron chi connectivity index (χ2n) is 7.77. The minimum Gasteiger partial charge on any atom is -0.361 e. The standard InChI is InChI=1S/C23H23N3O3S/c27-23(18-6-8-19(9-7-18)26-12-3-15-30(26,28)29)25-13-10-17(11-14-25)21-16-24-22-5-2-1-4-20(21)22/h1-2,4-10,16,24H,3,11-15H2. The van der Waals surface area contributed by atoms with Crippen LogP contribution in [0.5, 0.6) is 0 Å². The molecule has 3 heterocycles. The number of nitrogens with zero attached hydrogens (tertiary/aromatic N) is 2. The zero-order valence-electron chi connectivity index (χ0n) is 16.5. The molecule has 1 aromatic heterocycles. The molecule has 2 aliphatic rings. The molecule has 7 heteroatoms. The van der Waals surface area contributed by atoms with Crippen LogP contribution in [-0.2, 0) is 10.0 Å². The number of H-pyrrole nitrogens is 1. The highest BCUT2D eigenvalue weighted by atomic mass is 32.2. The molecule has 2 aromatic carbocycles. The van der Waals surface area contributed by atoms with E-state index in [9.17, 15) is 13.2 Å². The first-order chi connectivity index (χ1) is 14.5. The monoisotopic (exact) mass is 421 g/mol. The molecular weight excluding hydrogens is 398 g/mol. The lowest BCUT2D eigenvalue weighted by molar-refractivity contribution is 0.0773. The molecule has 0 atom stereocenters. The number of sulfonamides is 1. The maximum absolute atomic E-state index is 12.9. The van der Waals surface area contributed by atoms with Gasteiger partial charge in [-0.1, -0.05) is 24.3 Å². The number of aromatic amines is 1. The van der Waals surface area contributed by atoms with E-state index < -0.39 is 10.0 Å². The Kier molecular flexibility index (Phi) is 4.62. The summed E-state index contributed by atoms with van der Waals surface area (Å²) in [4.78, 5) is 18.1. The fourth-order valence-electron chi connectivity index (χ4n) is 4.32. The number of carbonyl (C=O) groups is 1. The summed E-state index contributed by atoms with van der Waals surface area (Å²) >= 11 is 0. The van der Waals surface area contributed by atoms with E-state index in [-0.39, 0.29) is 11.7 Å². The molecule has 30 heavy (non-hydrogen) atoms. The molecule has 1 N–H and O–H groups in total. The Morgan fingerprint density at radius 3 is 2.50 bits per heavy atom. The molecule has 0 spiro atoms. The maximum atomic E-state index is 12.9. The first kappa shape index (κ1) is 18.9. The van der Waals surface area contributed by atoms with Gasteiger partial charge in [-0.3, -0.25) is 9.10 Å². The van der Waals surface area contributed by atoms with Crippen LogP contribution in [0.2, 0.25) is 0 Å². The average molecular weight is 422 g/mol. The van der Waals surface area contributed by atoms with E-state index in [4.69, 9.17) is 0 Å². The molecule has 0 bridgehead atoms. The Balaban J connectivity index is 1.31. The lowest BCUT2D eigenvalue weighted by Gasteiger charge is -2.27. The van der Waals surface area contributed by atoms with Crippen LogP contribution in [0.15, 0.2) is 60.8 Å². The van der Waals surface area contributed by atoms with E-state index in [1.54, 1.807) is 24.3 Å². The number of benzene rings is 2. The molecule has 1 saturated heterocycles. The SMILES string of the molecule is O=C(c1ccc(N2CCCS2(=O)=O)cc1)N1CC=C(c2c[nH]c3ccccc23)CC1. The number of aromatic nitrogens is 1. The van der Waals surface area contributed by atoms with Crippen LogP contribution < -0.4 is 4.31 Å². The molecule has 0 unspecified atom stereocenters. The Bertz CT molecular complexity index is 1240. The third kappa shape index (κ3) is 3.29. The second kappa shape index (κ2) is 7.32. The van der Waals surface area contributed by atoms with E-state index in [0.717, 1.165) is 11.9 Å². The van der Waals surface area contributed by atoms with E-state index in [2.05, 4.69) is 23.2 Å². The Morgan fingerprint density at radius 1 is 1.00 bits per heavy atom. The third-order valence-corrected chi connectivity index (χ3v) is 7.80. The Hall–Kier alpha value is -3.06. The van der Waals surface area contributed by atoms with E-state index in [1.807, 2.05) is 23.2 Å². The van der Waals surface area contributed by atoms with Crippen LogP contribution in [0.1, 0.15) is 28.8 Å². The van der Waals surface area contributed by atoms with Crippen molar-refractivity contribution >= 4 is 38.1 Å². The number of carbonyl (C=O) groups excluding carboxylic acids is 1. The number of hydrogen-bond acceptors (Lipinski definition) is 3. The van der Waals surface area contributed by atoms with Gasteiger partial charge in [0.2, 0.25) is 10.0 Å². The number of amides is 1. The van der Waals surface area contributed by atoms with Gasteiger partial charge in [0.15, 0.2) is 0 Å². The van der Waals surface area contributed by atoms with Crippen LogP contribution in [0.25, 0.3) is 16.5 Å². The molecule has 5 rings (SSSR count). The molecule has 6 nitrogen and oxygen atoms in total. The lowest BCUT2D eigenvalue weighted by Crippen LogP contribution is -2.34. The van der Waals surface area contributed by atoms with Gasteiger partial charge in [0, 0.05) is 47.9 Å². The van der Waals surface area contributed by atoms with Gasteiger partial charge in [0.05, 0.1) is 11.4 Å². The smallest absolute Gasteiger partial charge is 0.254 e. The van der Waals surface area contributed by atoms with Crippen molar-refractivity contribution < 1.29 is 13.2 Å². The van der Waals surface area contributed by atoms with Gasteiger partial charge in [0.25, 0.3) is 5.91 Å². The van der Waals surface area contributed by atoms with Crippen molar-refractivity contribution in [2.45, 2.75) is 12.8 Å². The first-order valence-electron chi connectivity index (χ1n) is 10.2. The molecule has 2 aliphatic heterocycles.